The first kappa shape index (κ1) is 10.2. The van der Waals surface area contributed by atoms with Gasteiger partial charge in [0, 0.05) is 12.4 Å². The van der Waals surface area contributed by atoms with Gasteiger partial charge in [-0.05, 0) is 12.1 Å². The summed E-state index contributed by atoms with van der Waals surface area (Å²) < 4.78 is 8.97. The summed E-state index contributed by atoms with van der Waals surface area (Å²) in [5.41, 5.74) is 0.364. The van der Waals surface area contributed by atoms with Crippen molar-refractivity contribution < 1.29 is 19.1 Å². The van der Waals surface area contributed by atoms with Crippen LogP contribution < -0.4 is 0 Å². The predicted octanol–water partition coefficient (Wildman–Crippen LogP) is 0.322. The lowest BCUT2D eigenvalue weighted by Gasteiger charge is -2.02. The second-order valence-corrected chi connectivity index (χ2v) is 2.31. The van der Waals surface area contributed by atoms with Crippen LogP contribution in [-0.4, -0.2) is 30.6 Å². The van der Waals surface area contributed by atoms with Gasteiger partial charge >= 0.3 is 12.4 Å². The van der Waals surface area contributed by atoms with E-state index in [1.54, 1.807) is 18.3 Å². The summed E-state index contributed by atoms with van der Waals surface area (Å²) in [5.74, 6) is -0.493. The smallest absolute Gasteiger partial charge is 0.417 e. The van der Waals surface area contributed by atoms with E-state index < -0.39 is 5.97 Å². The highest BCUT2D eigenvalue weighted by atomic mass is 16.6. The molecule has 0 saturated carbocycles. The molecule has 0 aromatic carbocycles. The van der Waals surface area contributed by atoms with E-state index in [0.29, 0.717) is 5.56 Å². The Morgan fingerprint density at radius 2 is 2.36 bits per heavy atom. The summed E-state index contributed by atoms with van der Waals surface area (Å²) >= 11 is 0. The lowest BCUT2D eigenvalue weighted by atomic mass is 10.3. The Bertz CT molecular complexity index is 299. The number of esters is 1. The molecule has 73 valence electrons. The van der Waals surface area contributed by atoms with E-state index in [0.717, 1.165) is 0 Å². The van der Waals surface area contributed by atoms with Crippen LogP contribution in [0.1, 0.15) is 10.4 Å². The topological polar surface area (TPSA) is 65.5 Å². The Labute approximate surface area is 80.7 Å². The Balaban J connectivity index is 2.32. The number of aromatic nitrogens is 1. The average molecular weight is 194 g/mol. The first-order valence-electron chi connectivity index (χ1n) is 3.90. The van der Waals surface area contributed by atoms with Crippen LogP contribution in [-0.2, 0) is 14.3 Å². The summed E-state index contributed by atoms with van der Waals surface area (Å²) in [6.45, 7) is 1.25. The molecule has 1 aromatic heterocycles. The molecule has 5 heteroatoms. The SMILES string of the molecule is O=[C]OCCOC(=O)c1cccnc1. The van der Waals surface area contributed by atoms with Crippen LogP contribution in [0.15, 0.2) is 24.5 Å². The zero-order valence-corrected chi connectivity index (χ0v) is 7.30. The van der Waals surface area contributed by atoms with Gasteiger partial charge in [0.1, 0.15) is 13.2 Å². The summed E-state index contributed by atoms with van der Waals surface area (Å²) in [5, 5.41) is 0. The fourth-order valence-electron chi connectivity index (χ4n) is 0.785. The van der Waals surface area contributed by atoms with E-state index in [-0.39, 0.29) is 13.2 Å². The van der Waals surface area contributed by atoms with Crippen LogP contribution in [0.4, 0.5) is 0 Å². The molecule has 0 amide bonds. The number of rotatable bonds is 5. The van der Waals surface area contributed by atoms with Crippen molar-refractivity contribution in [3.63, 3.8) is 0 Å². The van der Waals surface area contributed by atoms with Crippen molar-refractivity contribution in [3.8, 4) is 0 Å². The van der Waals surface area contributed by atoms with E-state index >= 15 is 0 Å². The molecule has 0 aliphatic carbocycles. The van der Waals surface area contributed by atoms with Gasteiger partial charge in [-0.1, -0.05) is 0 Å². The zero-order chi connectivity index (χ0) is 10.2. The Kier molecular flexibility index (Phi) is 4.13. The lowest BCUT2D eigenvalue weighted by Crippen LogP contribution is -2.10. The minimum atomic E-state index is -0.493. The fourth-order valence-corrected chi connectivity index (χ4v) is 0.785. The second-order valence-electron chi connectivity index (χ2n) is 2.31. The molecule has 0 atom stereocenters. The summed E-state index contributed by atoms with van der Waals surface area (Å²) in [7, 11) is 0. The lowest BCUT2D eigenvalue weighted by molar-refractivity contribution is 0.0440. The zero-order valence-electron chi connectivity index (χ0n) is 7.30. The van der Waals surface area contributed by atoms with Crippen LogP contribution in [0.5, 0.6) is 0 Å². The average Bonchev–Trinajstić information content (AvgIpc) is 2.25. The van der Waals surface area contributed by atoms with Crippen LogP contribution in [0, 0.1) is 0 Å². The van der Waals surface area contributed by atoms with E-state index in [4.69, 9.17) is 4.74 Å². The van der Waals surface area contributed by atoms with Crippen LogP contribution >= 0.6 is 0 Å². The second kappa shape index (κ2) is 5.69. The standard InChI is InChI=1S/C9H8NO4/c11-7-13-4-5-14-9(12)8-2-1-3-10-6-8/h1-3,6H,4-5H2. The number of hydrogen-bond donors (Lipinski definition) is 0. The van der Waals surface area contributed by atoms with E-state index in [9.17, 15) is 9.59 Å². The summed E-state index contributed by atoms with van der Waals surface area (Å²) in [6.07, 6.45) is 2.95. The molecule has 0 unspecified atom stereocenters. The highest BCUT2D eigenvalue weighted by Gasteiger charge is 2.05. The molecule has 14 heavy (non-hydrogen) atoms. The Morgan fingerprint density at radius 3 is 3.00 bits per heavy atom. The quantitative estimate of drug-likeness (QED) is 0.499. The Morgan fingerprint density at radius 1 is 1.50 bits per heavy atom. The van der Waals surface area contributed by atoms with Gasteiger partial charge in [-0.2, -0.15) is 0 Å². The molecule has 1 rings (SSSR count). The molecule has 0 bridgehead atoms. The van der Waals surface area contributed by atoms with Crippen LogP contribution in [0.3, 0.4) is 0 Å². The van der Waals surface area contributed by atoms with Crippen molar-refractivity contribution >= 4 is 12.4 Å². The molecule has 5 nitrogen and oxygen atoms in total. The predicted molar refractivity (Wildman–Crippen MR) is 46.2 cm³/mol. The molecule has 1 heterocycles. The first-order valence-corrected chi connectivity index (χ1v) is 3.90. The molecule has 0 aliphatic heterocycles. The number of ether oxygens (including phenoxy) is 2. The van der Waals surface area contributed by atoms with Crippen molar-refractivity contribution in [2.24, 2.45) is 0 Å². The molecule has 1 radical (unpaired) electrons. The monoisotopic (exact) mass is 194 g/mol. The van der Waals surface area contributed by atoms with E-state index in [1.807, 2.05) is 0 Å². The number of carbonyl (C=O) groups is 1. The minimum Gasteiger partial charge on any atom is -0.458 e. The van der Waals surface area contributed by atoms with Gasteiger partial charge in [0.15, 0.2) is 0 Å². The number of pyridine rings is 1. The van der Waals surface area contributed by atoms with Crippen LogP contribution in [0.2, 0.25) is 0 Å². The maximum Gasteiger partial charge on any atom is 0.417 e. The Hall–Kier alpha value is -1.91. The van der Waals surface area contributed by atoms with Crippen molar-refractivity contribution in [2.75, 3.05) is 13.2 Å². The van der Waals surface area contributed by atoms with Gasteiger partial charge in [-0.25, -0.2) is 9.59 Å². The van der Waals surface area contributed by atoms with Crippen LogP contribution in [0.25, 0.3) is 0 Å². The van der Waals surface area contributed by atoms with Crippen molar-refractivity contribution in [3.05, 3.63) is 30.1 Å². The maximum absolute atomic E-state index is 11.2. The highest BCUT2D eigenvalue weighted by molar-refractivity contribution is 5.88. The molecule has 0 fully saturated rings. The summed E-state index contributed by atoms with van der Waals surface area (Å²) in [4.78, 5) is 24.6. The number of nitrogens with zero attached hydrogens (tertiary/aromatic N) is 1. The maximum atomic E-state index is 11.2. The van der Waals surface area contributed by atoms with Gasteiger partial charge in [0.2, 0.25) is 0 Å². The normalized spacial score (nSPS) is 9.14. The third-order valence-corrected chi connectivity index (χ3v) is 1.37. The van der Waals surface area contributed by atoms with Gasteiger partial charge < -0.3 is 9.47 Å². The molecule has 0 saturated heterocycles. The fraction of sp³-hybridized carbons (Fsp3) is 0.222. The van der Waals surface area contributed by atoms with Crippen molar-refractivity contribution in [2.45, 2.75) is 0 Å². The van der Waals surface area contributed by atoms with Gasteiger partial charge in [0.05, 0.1) is 5.56 Å². The third kappa shape index (κ3) is 3.22. The molecule has 0 aliphatic rings. The molecule has 1 aromatic rings. The molecule has 0 N–H and O–H groups in total. The minimum absolute atomic E-state index is 0.00943. The summed E-state index contributed by atoms with van der Waals surface area (Å²) in [6, 6.07) is 3.22. The number of carbonyl (C=O) groups excluding carboxylic acids is 2. The molecule has 0 spiro atoms. The van der Waals surface area contributed by atoms with Gasteiger partial charge in [0.25, 0.3) is 0 Å². The van der Waals surface area contributed by atoms with Gasteiger partial charge in [-0.15, -0.1) is 0 Å². The third-order valence-electron chi connectivity index (χ3n) is 1.37. The van der Waals surface area contributed by atoms with Crippen molar-refractivity contribution in [1.29, 1.82) is 0 Å². The van der Waals surface area contributed by atoms with Gasteiger partial charge in [-0.3, -0.25) is 4.98 Å². The largest absolute Gasteiger partial charge is 0.458 e. The molecular formula is C9H8NO4. The highest BCUT2D eigenvalue weighted by Crippen LogP contribution is 1.98. The van der Waals surface area contributed by atoms with Crippen molar-refractivity contribution in [1.82, 2.24) is 4.98 Å². The molecular weight excluding hydrogens is 186 g/mol. The first-order chi connectivity index (χ1) is 6.84. The van der Waals surface area contributed by atoms with E-state index in [2.05, 4.69) is 9.72 Å². The van der Waals surface area contributed by atoms with E-state index in [1.165, 1.54) is 12.7 Å². The number of hydrogen-bond acceptors (Lipinski definition) is 5.